The number of ether oxygens (including phenoxy) is 1. The lowest BCUT2D eigenvalue weighted by atomic mass is 10.2. The summed E-state index contributed by atoms with van der Waals surface area (Å²) in [5.41, 5.74) is 0. The summed E-state index contributed by atoms with van der Waals surface area (Å²) in [5, 5.41) is 9.64. The Morgan fingerprint density at radius 2 is 2.00 bits per heavy atom. The molecule has 0 saturated carbocycles. The van der Waals surface area contributed by atoms with E-state index in [-0.39, 0.29) is 9.47 Å². The first-order valence-electron chi connectivity index (χ1n) is 6.56. The fraction of sp³-hybridized carbons (Fsp3) is 0.308. The number of rotatable bonds is 6. The summed E-state index contributed by atoms with van der Waals surface area (Å²) in [6, 6.07) is 5.28. The lowest BCUT2D eigenvalue weighted by Crippen LogP contribution is -2.32. The number of aromatic nitrogens is 2. The molecule has 2 rings (SSSR count). The van der Waals surface area contributed by atoms with Gasteiger partial charge in [0.2, 0.25) is 19.3 Å². The van der Waals surface area contributed by atoms with Crippen molar-refractivity contribution in [3.63, 3.8) is 0 Å². The van der Waals surface area contributed by atoms with E-state index in [4.69, 9.17) is 4.74 Å². The zero-order chi connectivity index (χ0) is 17.0. The third-order valence-corrected chi connectivity index (χ3v) is 5.22. The van der Waals surface area contributed by atoms with Gasteiger partial charge in [0.1, 0.15) is 11.6 Å². The Bertz CT molecular complexity index is 790. The number of nitrogens with zero attached hydrogens (tertiary/aromatic N) is 2. The van der Waals surface area contributed by atoms with Crippen LogP contribution >= 0.6 is 11.3 Å². The van der Waals surface area contributed by atoms with Gasteiger partial charge in [-0.25, -0.2) is 12.8 Å². The van der Waals surface area contributed by atoms with E-state index in [1.165, 1.54) is 24.3 Å². The van der Waals surface area contributed by atoms with Gasteiger partial charge in [0.05, 0.1) is 0 Å². The maximum absolute atomic E-state index is 12.9. The number of hydrogen-bond acceptors (Lipinski definition) is 7. The van der Waals surface area contributed by atoms with Crippen LogP contribution in [0.3, 0.4) is 0 Å². The third kappa shape index (κ3) is 4.70. The van der Waals surface area contributed by atoms with Gasteiger partial charge < -0.3 is 4.74 Å². The van der Waals surface area contributed by atoms with Crippen LogP contribution in [-0.2, 0) is 14.6 Å². The molecule has 1 amide bonds. The highest BCUT2D eigenvalue weighted by atomic mass is 32.2. The van der Waals surface area contributed by atoms with Gasteiger partial charge in [-0.05, 0) is 30.7 Å². The van der Waals surface area contributed by atoms with Gasteiger partial charge >= 0.3 is 0 Å². The number of carbonyl (C=O) groups is 1. The van der Waals surface area contributed by atoms with Crippen LogP contribution in [0.15, 0.2) is 28.6 Å². The van der Waals surface area contributed by atoms with Crippen LogP contribution in [-0.4, -0.2) is 36.9 Å². The second-order valence-electron chi connectivity index (χ2n) is 4.60. The van der Waals surface area contributed by atoms with Crippen LogP contribution in [0, 0.1) is 5.82 Å². The Morgan fingerprint density at radius 3 is 2.52 bits per heavy atom. The molecule has 23 heavy (non-hydrogen) atoms. The lowest BCUT2D eigenvalue weighted by molar-refractivity contribution is -0.122. The van der Waals surface area contributed by atoms with Crippen LogP contribution in [0.1, 0.15) is 13.3 Å². The number of carbonyl (C=O) groups excluding carboxylic acids is 1. The molecule has 1 aromatic carbocycles. The molecule has 0 aliphatic heterocycles. The van der Waals surface area contributed by atoms with E-state index < -0.39 is 27.7 Å². The van der Waals surface area contributed by atoms with Crippen molar-refractivity contribution >= 4 is 32.2 Å². The first-order chi connectivity index (χ1) is 10.8. The summed E-state index contributed by atoms with van der Waals surface area (Å²) in [6.45, 7) is 1.75. The lowest BCUT2D eigenvalue weighted by Gasteiger charge is -2.16. The van der Waals surface area contributed by atoms with Crippen molar-refractivity contribution in [3.05, 3.63) is 30.1 Å². The highest BCUT2D eigenvalue weighted by Gasteiger charge is 2.21. The first-order valence-corrected chi connectivity index (χ1v) is 9.27. The third-order valence-electron chi connectivity index (χ3n) is 2.71. The Morgan fingerprint density at radius 1 is 1.35 bits per heavy atom. The molecule has 0 aliphatic carbocycles. The van der Waals surface area contributed by atoms with Crippen molar-refractivity contribution in [3.8, 4) is 5.75 Å². The molecule has 2 aromatic rings. The molecule has 124 valence electrons. The average Bonchev–Trinajstić information content (AvgIpc) is 2.95. The number of anilines is 1. The molecule has 10 heteroatoms. The SMILES string of the molecule is CCC(Oc1ccc(F)cc1)C(=O)Nc1nnc(S(C)(=O)=O)s1. The summed E-state index contributed by atoms with van der Waals surface area (Å²) in [7, 11) is -3.47. The van der Waals surface area contributed by atoms with Crippen LogP contribution in [0.2, 0.25) is 0 Å². The summed E-state index contributed by atoms with van der Waals surface area (Å²) in [5.74, 6) is -0.549. The van der Waals surface area contributed by atoms with Crippen molar-refractivity contribution in [2.75, 3.05) is 11.6 Å². The number of halogens is 1. The van der Waals surface area contributed by atoms with Crippen LogP contribution < -0.4 is 10.1 Å². The standard InChI is InChI=1S/C13H14FN3O4S2/c1-3-10(21-9-6-4-8(14)5-7-9)11(18)15-12-16-17-13(22-12)23(2,19)20/h4-7,10H,3H2,1-2H3,(H,15,16,18). The highest BCUT2D eigenvalue weighted by Crippen LogP contribution is 2.21. The summed E-state index contributed by atoms with van der Waals surface area (Å²) in [6.07, 6.45) is 0.540. The number of sulfone groups is 1. The van der Waals surface area contributed by atoms with Crippen LogP contribution in [0.4, 0.5) is 9.52 Å². The predicted octanol–water partition coefficient (Wildman–Crippen LogP) is 1.88. The van der Waals surface area contributed by atoms with Gasteiger partial charge in [-0.3, -0.25) is 10.1 Å². The largest absolute Gasteiger partial charge is 0.481 e. The van der Waals surface area contributed by atoms with E-state index in [2.05, 4.69) is 15.5 Å². The topological polar surface area (TPSA) is 98.2 Å². The minimum atomic E-state index is -3.47. The smallest absolute Gasteiger partial charge is 0.267 e. The molecule has 0 saturated heterocycles. The Balaban J connectivity index is 2.05. The quantitative estimate of drug-likeness (QED) is 0.791. The van der Waals surface area contributed by atoms with E-state index >= 15 is 0 Å². The van der Waals surface area contributed by atoms with Gasteiger partial charge in [-0.2, -0.15) is 0 Å². The second kappa shape index (κ2) is 7.01. The molecule has 0 radical (unpaired) electrons. The molecule has 1 aromatic heterocycles. The number of hydrogen-bond donors (Lipinski definition) is 1. The maximum Gasteiger partial charge on any atom is 0.267 e. The summed E-state index contributed by atoms with van der Waals surface area (Å²) < 4.78 is 40.8. The predicted molar refractivity (Wildman–Crippen MR) is 82.8 cm³/mol. The average molecular weight is 359 g/mol. The normalized spacial score (nSPS) is 12.7. The molecule has 0 spiro atoms. The van der Waals surface area contributed by atoms with Gasteiger partial charge in [-0.15, -0.1) is 10.2 Å². The van der Waals surface area contributed by atoms with Crippen molar-refractivity contribution < 1.29 is 22.3 Å². The number of amides is 1. The maximum atomic E-state index is 12.9. The molecule has 0 bridgehead atoms. The Hall–Kier alpha value is -2.07. The highest BCUT2D eigenvalue weighted by molar-refractivity contribution is 7.92. The zero-order valence-electron chi connectivity index (χ0n) is 12.3. The molecule has 1 heterocycles. The Kier molecular flexibility index (Phi) is 5.26. The molecular formula is C13H14FN3O4S2. The van der Waals surface area contributed by atoms with Gasteiger partial charge in [0.25, 0.3) is 5.91 Å². The van der Waals surface area contributed by atoms with E-state index in [1.54, 1.807) is 6.92 Å². The van der Waals surface area contributed by atoms with E-state index in [1.807, 2.05) is 0 Å². The zero-order valence-corrected chi connectivity index (χ0v) is 13.9. The van der Waals surface area contributed by atoms with E-state index in [0.29, 0.717) is 12.2 Å². The summed E-state index contributed by atoms with van der Waals surface area (Å²) >= 11 is 0.757. The van der Waals surface area contributed by atoms with Gasteiger partial charge in [-0.1, -0.05) is 18.3 Å². The summed E-state index contributed by atoms with van der Waals surface area (Å²) in [4.78, 5) is 12.2. The number of benzene rings is 1. The van der Waals surface area contributed by atoms with Crippen molar-refractivity contribution in [1.29, 1.82) is 0 Å². The molecule has 0 fully saturated rings. The molecule has 7 nitrogen and oxygen atoms in total. The van der Waals surface area contributed by atoms with Crippen molar-refractivity contribution in [2.24, 2.45) is 0 Å². The number of nitrogens with one attached hydrogen (secondary N) is 1. The monoisotopic (exact) mass is 359 g/mol. The fourth-order valence-corrected chi connectivity index (χ4v) is 3.11. The van der Waals surface area contributed by atoms with Gasteiger partial charge in [0.15, 0.2) is 6.10 Å². The minimum Gasteiger partial charge on any atom is -0.481 e. The van der Waals surface area contributed by atoms with Crippen LogP contribution in [0.5, 0.6) is 5.75 Å². The molecule has 0 aliphatic rings. The molecule has 1 N–H and O–H groups in total. The van der Waals surface area contributed by atoms with Gasteiger partial charge in [0, 0.05) is 6.26 Å². The molecule has 1 unspecified atom stereocenters. The van der Waals surface area contributed by atoms with Crippen molar-refractivity contribution in [2.45, 2.75) is 23.8 Å². The van der Waals surface area contributed by atoms with Crippen molar-refractivity contribution in [1.82, 2.24) is 10.2 Å². The Labute approximate surface area is 136 Å². The minimum absolute atomic E-state index is 0.0663. The van der Waals surface area contributed by atoms with Crippen LogP contribution in [0.25, 0.3) is 0 Å². The van der Waals surface area contributed by atoms with E-state index in [9.17, 15) is 17.6 Å². The molecule has 1 atom stereocenters. The molecular weight excluding hydrogens is 345 g/mol. The first kappa shape index (κ1) is 17.3. The second-order valence-corrected chi connectivity index (χ2v) is 7.77. The van der Waals surface area contributed by atoms with E-state index in [0.717, 1.165) is 17.6 Å². The fourth-order valence-electron chi connectivity index (χ4n) is 1.60.